The van der Waals surface area contributed by atoms with E-state index in [4.69, 9.17) is 17.3 Å². The molecule has 0 saturated carbocycles. The molecule has 0 aliphatic heterocycles. The van der Waals surface area contributed by atoms with Crippen molar-refractivity contribution >= 4 is 40.0 Å². The zero-order valence-corrected chi connectivity index (χ0v) is 11.6. The van der Waals surface area contributed by atoms with Crippen molar-refractivity contribution in [3.8, 4) is 0 Å². The molecule has 1 aromatic heterocycles. The minimum absolute atomic E-state index is 0.231. The van der Waals surface area contributed by atoms with E-state index in [1.165, 1.54) is 0 Å². The van der Waals surface area contributed by atoms with Crippen molar-refractivity contribution in [1.82, 2.24) is 9.97 Å². The molecule has 0 bridgehead atoms. The monoisotopic (exact) mass is 284 g/mol. The van der Waals surface area contributed by atoms with Gasteiger partial charge in [0, 0.05) is 5.39 Å². The molecule has 0 aliphatic rings. The van der Waals surface area contributed by atoms with Gasteiger partial charge in [0.25, 0.3) is 0 Å². The summed E-state index contributed by atoms with van der Waals surface area (Å²) in [6, 6.07) is 13.5. The Morgan fingerprint density at radius 3 is 2.70 bits per heavy atom. The van der Waals surface area contributed by atoms with Crippen molar-refractivity contribution in [3.63, 3.8) is 0 Å². The van der Waals surface area contributed by atoms with Crippen LogP contribution in [0.5, 0.6) is 0 Å². The summed E-state index contributed by atoms with van der Waals surface area (Å²) in [6.07, 6.45) is 0. The van der Waals surface area contributed by atoms with Gasteiger partial charge >= 0.3 is 0 Å². The van der Waals surface area contributed by atoms with Gasteiger partial charge in [0.2, 0.25) is 5.95 Å². The van der Waals surface area contributed by atoms with Gasteiger partial charge < -0.3 is 11.1 Å². The molecule has 0 saturated heterocycles. The Morgan fingerprint density at radius 1 is 1.10 bits per heavy atom. The number of benzene rings is 2. The fourth-order valence-corrected chi connectivity index (χ4v) is 2.32. The zero-order valence-electron chi connectivity index (χ0n) is 10.9. The zero-order chi connectivity index (χ0) is 14.1. The highest BCUT2D eigenvalue weighted by molar-refractivity contribution is 6.33. The molecule has 3 aromatic rings. The lowest BCUT2D eigenvalue weighted by molar-refractivity contribution is 1.23. The Bertz CT molecular complexity index is 786. The van der Waals surface area contributed by atoms with Gasteiger partial charge in [0.15, 0.2) is 0 Å². The van der Waals surface area contributed by atoms with E-state index >= 15 is 0 Å². The van der Waals surface area contributed by atoms with Crippen LogP contribution in [0.2, 0.25) is 5.02 Å². The standard InChI is InChI=1S/C15H13ClN4/c1-9-6-7-13(11(16)8-9)18-14-10-4-2-3-5-12(10)19-15(17)20-14/h2-8H,1H3,(H3,17,18,19,20). The third-order valence-corrected chi connectivity index (χ3v) is 3.31. The Balaban J connectivity index is 2.10. The highest BCUT2D eigenvalue weighted by Gasteiger charge is 2.08. The number of halogens is 1. The normalized spacial score (nSPS) is 10.7. The number of nitrogen functional groups attached to an aromatic ring is 1. The van der Waals surface area contributed by atoms with Crippen LogP contribution in [0.15, 0.2) is 42.5 Å². The maximum Gasteiger partial charge on any atom is 0.222 e. The summed E-state index contributed by atoms with van der Waals surface area (Å²) in [4.78, 5) is 8.47. The highest BCUT2D eigenvalue weighted by atomic mass is 35.5. The second-order valence-corrected chi connectivity index (χ2v) is 4.96. The Labute approximate surface area is 121 Å². The molecule has 0 fully saturated rings. The summed E-state index contributed by atoms with van der Waals surface area (Å²) in [6.45, 7) is 1.99. The number of fused-ring (bicyclic) bond motifs is 1. The number of aryl methyl sites for hydroxylation is 1. The molecular formula is C15H13ClN4. The Kier molecular flexibility index (Phi) is 3.16. The first-order valence-corrected chi connectivity index (χ1v) is 6.57. The number of nitrogens with two attached hydrogens (primary N) is 1. The lowest BCUT2D eigenvalue weighted by Gasteiger charge is -2.11. The fourth-order valence-electron chi connectivity index (χ4n) is 2.04. The smallest absolute Gasteiger partial charge is 0.222 e. The summed E-state index contributed by atoms with van der Waals surface area (Å²) < 4.78 is 0. The second-order valence-electron chi connectivity index (χ2n) is 4.56. The molecule has 3 N–H and O–H groups in total. The number of rotatable bonds is 2. The van der Waals surface area contributed by atoms with Crippen LogP contribution >= 0.6 is 11.6 Å². The van der Waals surface area contributed by atoms with Crippen molar-refractivity contribution < 1.29 is 0 Å². The predicted octanol–water partition coefficient (Wildman–Crippen LogP) is 3.92. The quantitative estimate of drug-likeness (QED) is 0.749. The molecule has 0 aliphatic carbocycles. The SMILES string of the molecule is Cc1ccc(Nc2nc(N)nc3ccccc23)c(Cl)c1. The maximum absolute atomic E-state index is 6.23. The van der Waals surface area contributed by atoms with Crippen LogP contribution in [0.25, 0.3) is 10.9 Å². The maximum atomic E-state index is 6.23. The molecule has 20 heavy (non-hydrogen) atoms. The van der Waals surface area contributed by atoms with Crippen LogP contribution in [-0.4, -0.2) is 9.97 Å². The largest absolute Gasteiger partial charge is 0.368 e. The van der Waals surface area contributed by atoms with Crippen LogP contribution in [0.4, 0.5) is 17.5 Å². The van der Waals surface area contributed by atoms with Crippen LogP contribution in [-0.2, 0) is 0 Å². The minimum Gasteiger partial charge on any atom is -0.368 e. The van der Waals surface area contributed by atoms with E-state index in [0.717, 1.165) is 22.2 Å². The third-order valence-electron chi connectivity index (χ3n) is 3.00. The number of hydrogen-bond donors (Lipinski definition) is 2. The molecule has 5 heteroatoms. The summed E-state index contributed by atoms with van der Waals surface area (Å²) >= 11 is 6.23. The van der Waals surface area contributed by atoms with Crippen molar-refractivity contribution in [2.75, 3.05) is 11.1 Å². The highest BCUT2D eigenvalue weighted by Crippen LogP contribution is 2.29. The first kappa shape index (κ1) is 12.7. The van der Waals surface area contributed by atoms with Gasteiger partial charge in [-0.1, -0.05) is 29.8 Å². The van der Waals surface area contributed by atoms with E-state index in [0.29, 0.717) is 10.8 Å². The summed E-state index contributed by atoms with van der Waals surface area (Å²) in [5, 5.41) is 4.77. The van der Waals surface area contributed by atoms with Crippen molar-refractivity contribution in [3.05, 3.63) is 53.1 Å². The van der Waals surface area contributed by atoms with Crippen LogP contribution in [0.3, 0.4) is 0 Å². The Hall–Kier alpha value is -2.33. The second kappa shape index (κ2) is 4.98. The average molecular weight is 285 g/mol. The summed E-state index contributed by atoms with van der Waals surface area (Å²) in [5.41, 5.74) is 8.44. The number of hydrogen-bond acceptors (Lipinski definition) is 4. The van der Waals surface area contributed by atoms with Crippen LogP contribution < -0.4 is 11.1 Å². The Morgan fingerprint density at radius 2 is 1.90 bits per heavy atom. The van der Waals surface area contributed by atoms with Crippen LogP contribution in [0.1, 0.15) is 5.56 Å². The molecular weight excluding hydrogens is 272 g/mol. The predicted molar refractivity (Wildman–Crippen MR) is 83.4 cm³/mol. The molecule has 4 nitrogen and oxygen atoms in total. The van der Waals surface area contributed by atoms with Crippen molar-refractivity contribution in [2.45, 2.75) is 6.92 Å². The number of nitrogens with zero attached hydrogens (tertiary/aromatic N) is 2. The first-order valence-electron chi connectivity index (χ1n) is 6.19. The first-order chi connectivity index (χ1) is 9.63. The molecule has 100 valence electrons. The molecule has 0 unspecified atom stereocenters. The van der Waals surface area contributed by atoms with Gasteiger partial charge in [-0.25, -0.2) is 4.98 Å². The topological polar surface area (TPSA) is 63.8 Å². The molecule has 0 atom stereocenters. The van der Waals surface area contributed by atoms with E-state index in [1.54, 1.807) is 0 Å². The number of anilines is 3. The summed E-state index contributed by atoms with van der Waals surface area (Å²) in [5.74, 6) is 0.883. The average Bonchev–Trinajstić information content (AvgIpc) is 2.41. The van der Waals surface area contributed by atoms with Gasteiger partial charge in [-0.3, -0.25) is 0 Å². The van der Waals surface area contributed by atoms with Gasteiger partial charge in [0.1, 0.15) is 5.82 Å². The van der Waals surface area contributed by atoms with Gasteiger partial charge in [0.05, 0.1) is 16.2 Å². The molecule has 0 spiro atoms. The fraction of sp³-hybridized carbons (Fsp3) is 0.0667. The van der Waals surface area contributed by atoms with E-state index < -0.39 is 0 Å². The van der Waals surface area contributed by atoms with Gasteiger partial charge in [-0.05, 0) is 36.8 Å². The van der Waals surface area contributed by atoms with E-state index in [9.17, 15) is 0 Å². The lowest BCUT2D eigenvalue weighted by atomic mass is 10.2. The molecule has 0 amide bonds. The molecule has 1 heterocycles. The van der Waals surface area contributed by atoms with Gasteiger partial charge in [-0.15, -0.1) is 0 Å². The van der Waals surface area contributed by atoms with Crippen molar-refractivity contribution in [1.29, 1.82) is 0 Å². The van der Waals surface area contributed by atoms with Crippen molar-refractivity contribution in [2.24, 2.45) is 0 Å². The number of nitrogens with one attached hydrogen (secondary N) is 1. The molecule has 2 aromatic carbocycles. The van der Waals surface area contributed by atoms with E-state index in [1.807, 2.05) is 49.4 Å². The minimum atomic E-state index is 0.231. The summed E-state index contributed by atoms with van der Waals surface area (Å²) in [7, 11) is 0. The van der Waals surface area contributed by atoms with E-state index in [2.05, 4.69) is 15.3 Å². The van der Waals surface area contributed by atoms with E-state index in [-0.39, 0.29) is 5.95 Å². The number of aromatic nitrogens is 2. The van der Waals surface area contributed by atoms with Gasteiger partial charge in [-0.2, -0.15) is 4.98 Å². The molecule has 3 rings (SSSR count). The number of para-hydroxylation sites is 1. The molecule has 0 radical (unpaired) electrons. The third kappa shape index (κ3) is 2.38. The lowest BCUT2D eigenvalue weighted by Crippen LogP contribution is -2.01. The van der Waals surface area contributed by atoms with Crippen LogP contribution in [0, 0.1) is 6.92 Å².